The summed E-state index contributed by atoms with van der Waals surface area (Å²) in [7, 11) is 1.36. The summed E-state index contributed by atoms with van der Waals surface area (Å²) in [5.41, 5.74) is 5.34. The van der Waals surface area contributed by atoms with Crippen molar-refractivity contribution in [3.63, 3.8) is 0 Å². The molecule has 3 rings (SSSR count). The molecule has 0 fully saturated rings. The Morgan fingerprint density at radius 1 is 1.18 bits per heavy atom. The van der Waals surface area contributed by atoms with Gasteiger partial charge in [0.1, 0.15) is 11.6 Å². The smallest absolute Gasteiger partial charge is 0.343 e. The standard InChI is InChI=1S/C22H27N3O3/c1-15-11-17(12-16(2)22(15)28-14-21(26)27-3)13-23-10-6-9-20-24-18-7-4-5-8-19(18)25-20/h4-5,7-8,11-12,23H,6,9-10,13-14H2,1-3H3,(H,24,25). The van der Waals surface area contributed by atoms with Crippen molar-refractivity contribution in [1.82, 2.24) is 15.3 Å². The van der Waals surface area contributed by atoms with Crippen LogP contribution in [0, 0.1) is 13.8 Å². The molecule has 0 aliphatic rings. The Balaban J connectivity index is 1.46. The molecule has 1 heterocycles. The van der Waals surface area contributed by atoms with Gasteiger partial charge in [0, 0.05) is 13.0 Å². The van der Waals surface area contributed by atoms with Gasteiger partial charge in [-0.3, -0.25) is 0 Å². The molecular formula is C22H27N3O3. The Morgan fingerprint density at radius 2 is 1.93 bits per heavy atom. The molecule has 0 atom stereocenters. The number of para-hydroxylation sites is 2. The van der Waals surface area contributed by atoms with Crippen LogP contribution in [0.1, 0.15) is 28.9 Å². The lowest BCUT2D eigenvalue weighted by Crippen LogP contribution is -2.16. The van der Waals surface area contributed by atoms with Gasteiger partial charge >= 0.3 is 5.97 Å². The first-order valence-electron chi connectivity index (χ1n) is 9.51. The van der Waals surface area contributed by atoms with Crippen LogP contribution >= 0.6 is 0 Å². The molecule has 0 aliphatic carbocycles. The fourth-order valence-corrected chi connectivity index (χ4v) is 3.30. The molecule has 1 aromatic heterocycles. The number of nitrogens with one attached hydrogen (secondary N) is 2. The van der Waals surface area contributed by atoms with Crippen molar-refractivity contribution in [2.75, 3.05) is 20.3 Å². The van der Waals surface area contributed by atoms with E-state index in [1.54, 1.807) is 0 Å². The van der Waals surface area contributed by atoms with Crippen LogP contribution in [0.3, 0.4) is 0 Å². The van der Waals surface area contributed by atoms with Gasteiger partial charge in [-0.15, -0.1) is 0 Å². The van der Waals surface area contributed by atoms with Crippen LogP contribution in [0.15, 0.2) is 36.4 Å². The lowest BCUT2D eigenvalue weighted by molar-refractivity contribution is -0.142. The quantitative estimate of drug-likeness (QED) is 0.439. The van der Waals surface area contributed by atoms with Gasteiger partial charge in [-0.25, -0.2) is 9.78 Å². The average molecular weight is 381 g/mol. The maximum Gasteiger partial charge on any atom is 0.343 e. The molecule has 3 aromatic rings. The largest absolute Gasteiger partial charge is 0.481 e. The van der Waals surface area contributed by atoms with Gasteiger partial charge in [0.05, 0.1) is 18.1 Å². The monoisotopic (exact) mass is 381 g/mol. The van der Waals surface area contributed by atoms with E-state index in [1.807, 2.05) is 38.1 Å². The highest BCUT2D eigenvalue weighted by atomic mass is 16.6. The number of imidazole rings is 1. The summed E-state index contributed by atoms with van der Waals surface area (Å²) >= 11 is 0. The van der Waals surface area contributed by atoms with Crippen LogP contribution in [0.2, 0.25) is 0 Å². The Labute approximate surface area is 165 Å². The Morgan fingerprint density at radius 3 is 2.64 bits per heavy atom. The molecule has 0 bridgehead atoms. The summed E-state index contributed by atoms with van der Waals surface area (Å²) < 4.78 is 10.2. The number of methoxy groups -OCH3 is 1. The Bertz CT molecular complexity index is 893. The highest BCUT2D eigenvalue weighted by Gasteiger charge is 2.09. The van der Waals surface area contributed by atoms with E-state index in [-0.39, 0.29) is 12.6 Å². The van der Waals surface area contributed by atoms with Crippen molar-refractivity contribution in [2.24, 2.45) is 0 Å². The van der Waals surface area contributed by atoms with E-state index in [1.165, 1.54) is 12.7 Å². The number of hydrogen-bond donors (Lipinski definition) is 2. The topological polar surface area (TPSA) is 76.2 Å². The average Bonchev–Trinajstić information content (AvgIpc) is 3.09. The van der Waals surface area contributed by atoms with Crippen molar-refractivity contribution in [1.29, 1.82) is 0 Å². The fourth-order valence-electron chi connectivity index (χ4n) is 3.30. The number of aromatic nitrogens is 2. The molecule has 2 N–H and O–H groups in total. The van der Waals surface area contributed by atoms with E-state index < -0.39 is 0 Å². The van der Waals surface area contributed by atoms with E-state index in [2.05, 4.69) is 32.2 Å². The van der Waals surface area contributed by atoms with Gasteiger partial charge in [-0.05, 0) is 55.6 Å². The molecule has 6 nitrogen and oxygen atoms in total. The van der Waals surface area contributed by atoms with Gasteiger partial charge in [-0.1, -0.05) is 24.3 Å². The number of rotatable bonds is 9. The highest BCUT2D eigenvalue weighted by molar-refractivity contribution is 5.74. The number of H-pyrrole nitrogens is 1. The molecule has 0 aliphatic heterocycles. The van der Waals surface area contributed by atoms with Crippen molar-refractivity contribution < 1.29 is 14.3 Å². The molecular weight excluding hydrogens is 354 g/mol. The minimum atomic E-state index is -0.381. The maximum atomic E-state index is 11.3. The second-order valence-electron chi connectivity index (χ2n) is 6.90. The molecule has 28 heavy (non-hydrogen) atoms. The van der Waals surface area contributed by atoms with Gasteiger partial charge in [-0.2, -0.15) is 0 Å². The lowest BCUT2D eigenvalue weighted by Gasteiger charge is -2.14. The number of hydrogen-bond acceptors (Lipinski definition) is 5. The summed E-state index contributed by atoms with van der Waals surface area (Å²) in [5.74, 6) is 1.40. The zero-order chi connectivity index (χ0) is 19.9. The predicted octanol–water partition coefficient (Wildman–Crippen LogP) is 3.45. The SMILES string of the molecule is COC(=O)COc1c(C)cc(CNCCCc2nc3ccccc3[nH]2)cc1C. The second-order valence-corrected chi connectivity index (χ2v) is 6.90. The molecule has 2 aromatic carbocycles. The molecule has 6 heteroatoms. The minimum Gasteiger partial charge on any atom is -0.481 e. The Kier molecular flexibility index (Phi) is 6.66. The van der Waals surface area contributed by atoms with E-state index in [9.17, 15) is 4.79 Å². The minimum absolute atomic E-state index is 0.0719. The molecule has 0 spiro atoms. The summed E-state index contributed by atoms with van der Waals surface area (Å²) in [5, 5.41) is 3.48. The number of benzene rings is 2. The number of esters is 1. The zero-order valence-electron chi connectivity index (χ0n) is 16.7. The van der Waals surface area contributed by atoms with E-state index in [4.69, 9.17) is 4.74 Å². The van der Waals surface area contributed by atoms with E-state index in [0.717, 1.165) is 59.7 Å². The number of fused-ring (bicyclic) bond motifs is 1. The van der Waals surface area contributed by atoms with E-state index in [0.29, 0.717) is 0 Å². The lowest BCUT2D eigenvalue weighted by atomic mass is 10.1. The first-order chi connectivity index (χ1) is 13.6. The van der Waals surface area contributed by atoms with Gasteiger partial charge < -0.3 is 19.8 Å². The van der Waals surface area contributed by atoms with Crippen LogP contribution in [0.5, 0.6) is 5.75 Å². The van der Waals surface area contributed by atoms with Crippen molar-refractivity contribution in [3.8, 4) is 5.75 Å². The third kappa shape index (κ3) is 5.10. The third-order valence-corrected chi connectivity index (χ3v) is 4.62. The number of aromatic amines is 1. The second kappa shape index (κ2) is 9.37. The van der Waals surface area contributed by atoms with Gasteiger partial charge in [0.25, 0.3) is 0 Å². The molecule has 148 valence electrons. The fraction of sp³-hybridized carbons (Fsp3) is 0.364. The van der Waals surface area contributed by atoms with Crippen molar-refractivity contribution in [2.45, 2.75) is 33.2 Å². The molecule has 0 unspecified atom stereocenters. The Hall–Kier alpha value is -2.86. The molecule has 0 amide bonds. The van der Waals surface area contributed by atoms with Crippen molar-refractivity contribution >= 4 is 17.0 Å². The van der Waals surface area contributed by atoms with Gasteiger partial charge in [0.15, 0.2) is 6.61 Å². The van der Waals surface area contributed by atoms with Crippen molar-refractivity contribution in [3.05, 3.63) is 58.9 Å². The third-order valence-electron chi connectivity index (χ3n) is 4.62. The molecule has 0 radical (unpaired) electrons. The van der Waals surface area contributed by atoms with Crippen LogP contribution in [-0.2, 0) is 22.5 Å². The maximum absolute atomic E-state index is 11.3. The summed E-state index contributed by atoms with van der Waals surface area (Å²) in [4.78, 5) is 19.2. The van der Waals surface area contributed by atoms with Crippen LogP contribution in [-0.4, -0.2) is 36.2 Å². The molecule has 0 saturated carbocycles. The summed E-state index contributed by atoms with van der Waals surface area (Å²) in [6, 6.07) is 12.3. The predicted molar refractivity (Wildman–Crippen MR) is 110 cm³/mol. The summed E-state index contributed by atoms with van der Waals surface area (Å²) in [6.07, 6.45) is 1.93. The summed E-state index contributed by atoms with van der Waals surface area (Å²) in [6.45, 7) is 5.61. The first-order valence-corrected chi connectivity index (χ1v) is 9.51. The molecule has 0 saturated heterocycles. The highest BCUT2D eigenvalue weighted by Crippen LogP contribution is 2.25. The number of aryl methyl sites for hydroxylation is 3. The van der Waals surface area contributed by atoms with E-state index >= 15 is 0 Å². The van der Waals surface area contributed by atoms with Gasteiger partial charge in [0.2, 0.25) is 0 Å². The number of ether oxygens (including phenoxy) is 2. The first kappa shape index (κ1) is 19.9. The zero-order valence-corrected chi connectivity index (χ0v) is 16.7. The van der Waals surface area contributed by atoms with Crippen LogP contribution in [0.4, 0.5) is 0 Å². The van der Waals surface area contributed by atoms with Crippen LogP contribution < -0.4 is 10.1 Å². The normalized spacial score (nSPS) is 11.0. The number of carbonyl (C=O) groups excluding carboxylic acids is 1. The number of carbonyl (C=O) groups is 1. The van der Waals surface area contributed by atoms with Crippen LogP contribution in [0.25, 0.3) is 11.0 Å². The number of nitrogens with zero attached hydrogens (tertiary/aromatic N) is 1.